The predicted molar refractivity (Wildman–Crippen MR) is 132 cm³/mol. The molecule has 0 spiro atoms. The highest BCUT2D eigenvalue weighted by Crippen LogP contribution is 2.33. The highest BCUT2D eigenvalue weighted by Gasteiger charge is 2.39. The molecule has 0 aliphatic carbocycles. The molecule has 2 aromatic carbocycles. The molecule has 9 nitrogen and oxygen atoms in total. The van der Waals surface area contributed by atoms with Gasteiger partial charge in [-0.3, -0.25) is 14.4 Å². The van der Waals surface area contributed by atoms with Gasteiger partial charge in [-0.1, -0.05) is 0 Å². The van der Waals surface area contributed by atoms with E-state index in [1.165, 1.54) is 24.3 Å². The highest BCUT2D eigenvalue weighted by molar-refractivity contribution is 6.05. The molecule has 0 saturated carbocycles. The molecule has 5 rings (SSSR count). The van der Waals surface area contributed by atoms with E-state index in [-0.39, 0.29) is 36.7 Å². The molecule has 0 radical (unpaired) electrons. The fourth-order valence-electron chi connectivity index (χ4n) is 5.05. The summed E-state index contributed by atoms with van der Waals surface area (Å²) in [6, 6.07) is 9.90. The van der Waals surface area contributed by atoms with Crippen LogP contribution in [0.2, 0.25) is 0 Å². The number of carbonyl (C=O) groups excluding carboxylic acids is 3. The molecule has 3 aliphatic rings. The van der Waals surface area contributed by atoms with Crippen molar-refractivity contribution >= 4 is 23.4 Å². The number of rotatable bonds is 4. The first-order valence-corrected chi connectivity index (χ1v) is 12.5. The van der Waals surface area contributed by atoms with Gasteiger partial charge in [-0.25, -0.2) is 4.39 Å². The van der Waals surface area contributed by atoms with Crippen LogP contribution in [0.25, 0.3) is 0 Å². The monoisotopic (exact) mass is 511 g/mol. The fraction of sp³-hybridized carbons (Fsp3) is 0.444. The van der Waals surface area contributed by atoms with E-state index in [1.54, 1.807) is 30.1 Å². The van der Waals surface area contributed by atoms with Crippen molar-refractivity contribution in [3.05, 3.63) is 59.4 Å². The Morgan fingerprint density at radius 3 is 2.59 bits per heavy atom. The lowest BCUT2D eigenvalue weighted by Gasteiger charge is -2.42. The molecule has 1 N–H and O–H groups in total. The van der Waals surface area contributed by atoms with Gasteiger partial charge < -0.3 is 29.3 Å². The van der Waals surface area contributed by atoms with Crippen LogP contribution in [0.5, 0.6) is 5.75 Å². The molecule has 196 valence electrons. The first kappa shape index (κ1) is 25.2. The molecule has 0 bridgehead atoms. The summed E-state index contributed by atoms with van der Waals surface area (Å²) in [6.07, 6.45) is 1.06. The van der Waals surface area contributed by atoms with E-state index >= 15 is 0 Å². The van der Waals surface area contributed by atoms with Crippen LogP contribution in [-0.4, -0.2) is 85.7 Å². The van der Waals surface area contributed by atoms with Gasteiger partial charge in [0.25, 0.3) is 11.8 Å². The summed E-state index contributed by atoms with van der Waals surface area (Å²) in [7, 11) is 1.74. The van der Waals surface area contributed by atoms with E-state index in [0.717, 1.165) is 0 Å². The molecule has 2 aromatic rings. The van der Waals surface area contributed by atoms with Crippen LogP contribution in [0.3, 0.4) is 0 Å². The smallest absolute Gasteiger partial charge is 0.257 e. The van der Waals surface area contributed by atoms with Crippen LogP contribution in [0.4, 0.5) is 10.1 Å². The molecule has 3 amide bonds. The van der Waals surface area contributed by atoms with E-state index < -0.39 is 11.7 Å². The summed E-state index contributed by atoms with van der Waals surface area (Å²) in [5.41, 5.74) is 1.07. The molecule has 2 saturated heterocycles. The van der Waals surface area contributed by atoms with Gasteiger partial charge in [0.2, 0.25) is 5.91 Å². The van der Waals surface area contributed by atoms with Gasteiger partial charge in [0.15, 0.2) is 0 Å². The Kier molecular flexibility index (Phi) is 7.38. The number of likely N-dealkylation sites (N-methyl/N-ethyl adjacent to an activating group) is 1. The SMILES string of the molecule is CN1C(=O)c2cc(NC(=O)c3ccc(F)cc3)ccc2OC[C@H]2O[C@H](CC(=O)N3CCOCC3)CC[C@H]21. The molecular formula is C27H30FN3O6. The number of carbonyl (C=O) groups is 3. The number of fused-ring (bicyclic) bond motifs is 2. The van der Waals surface area contributed by atoms with Crippen LogP contribution >= 0.6 is 0 Å². The number of benzene rings is 2. The Morgan fingerprint density at radius 2 is 1.84 bits per heavy atom. The molecule has 10 heteroatoms. The van der Waals surface area contributed by atoms with Crippen LogP contribution in [0, 0.1) is 5.82 Å². The van der Waals surface area contributed by atoms with Gasteiger partial charge in [0.1, 0.15) is 24.3 Å². The third-order valence-corrected chi connectivity index (χ3v) is 7.14. The zero-order valence-corrected chi connectivity index (χ0v) is 20.7. The maximum atomic E-state index is 13.4. The Morgan fingerprint density at radius 1 is 1.08 bits per heavy atom. The van der Waals surface area contributed by atoms with E-state index in [2.05, 4.69) is 5.32 Å². The average molecular weight is 512 g/mol. The van der Waals surface area contributed by atoms with Crippen molar-refractivity contribution in [1.29, 1.82) is 0 Å². The second kappa shape index (κ2) is 10.9. The van der Waals surface area contributed by atoms with Gasteiger partial charge in [0.05, 0.1) is 37.3 Å². The van der Waals surface area contributed by atoms with E-state index in [9.17, 15) is 18.8 Å². The minimum atomic E-state index is -0.427. The quantitative estimate of drug-likeness (QED) is 0.678. The number of morpholine rings is 1. The normalized spacial score (nSPS) is 23.7. The Hall–Kier alpha value is -3.50. The second-order valence-electron chi connectivity index (χ2n) is 9.54. The van der Waals surface area contributed by atoms with Gasteiger partial charge in [-0.05, 0) is 55.3 Å². The number of anilines is 1. The van der Waals surface area contributed by atoms with Crippen LogP contribution < -0.4 is 10.1 Å². The van der Waals surface area contributed by atoms with Crippen molar-refractivity contribution in [2.45, 2.75) is 37.5 Å². The lowest BCUT2D eigenvalue weighted by Crippen LogP contribution is -2.54. The number of nitrogens with zero attached hydrogens (tertiary/aromatic N) is 2. The largest absolute Gasteiger partial charge is 0.490 e. The van der Waals surface area contributed by atoms with Crippen molar-refractivity contribution < 1.29 is 33.0 Å². The number of halogens is 1. The van der Waals surface area contributed by atoms with Crippen LogP contribution in [-0.2, 0) is 14.3 Å². The van der Waals surface area contributed by atoms with Crippen molar-refractivity contribution in [2.75, 3.05) is 45.3 Å². The summed E-state index contributed by atoms with van der Waals surface area (Å²) < 4.78 is 30.8. The Labute approximate surface area is 214 Å². The van der Waals surface area contributed by atoms with Gasteiger partial charge in [0, 0.05) is 31.4 Å². The van der Waals surface area contributed by atoms with Crippen molar-refractivity contribution in [1.82, 2.24) is 9.80 Å². The first-order chi connectivity index (χ1) is 17.9. The number of amides is 3. The molecule has 37 heavy (non-hydrogen) atoms. The molecular weight excluding hydrogens is 481 g/mol. The van der Waals surface area contributed by atoms with Gasteiger partial charge in [-0.2, -0.15) is 0 Å². The third kappa shape index (κ3) is 5.60. The zero-order chi connectivity index (χ0) is 25.9. The summed E-state index contributed by atoms with van der Waals surface area (Å²) in [6.45, 7) is 2.54. The van der Waals surface area contributed by atoms with E-state index in [4.69, 9.17) is 14.2 Å². The highest BCUT2D eigenvalue weighted by atomic mass is 19.1. The molecule has 3 heterocycles. The fourth-order valence-corrected chi connectivity index (χ4v) is 5.05. The first-order valence-electron chi connectivity index (χ1n) is 12.5. The second-order valence-corrected chi connectivity index (χ2v) is 9.54. The maximum absolute atomic E-state index is 13.4. The lowest BCUT2D eigenvalue weighted by molar-refractivity contribution is -0.146. The molecule has 0 unspecified atom stereocenters. The van der Waals surface area contributed by atoms with Crippen molar-refractivity contribution in [3.63, 3.8) is 0 Å². The zero-order valence-electron chi connectivity index (χ0n) is 20.7. The molecule has 3 atom stereocenters. The minimum absolute atomic E-state index is 0.0588. The topological polar surface area (TPSA) is 97.4 Å². The number of ether oxygens (including phenoxy) is 3. The minimum Gasteiger partial charge on any atom is -0.490 e. The number of nitrogens with one attached hydrogen (secondary N) is 1. The van der Waals surface area contributed by atoms with Crippen LogP contribution in [0.15, 0.2) is 42.5 Å². The third-order valence-electron chi connectivity index (χ3n) is 7.14. The molecule has 2 fully saturated rings. The Balaban J connectivity index is 1.26. The van der Waals surface area contributed by atoms with Crippen LogP contribution in [0.1, 0.15) is 40.0 Å². The molecule has 0 aromatic heterocycles. The number of hydrogen-bond donors (Lipinski definition) is 1. The van der Waals surface area contributed by atoms with Gasteiger partial charge >= 0.3 is 0 Å². The summed E-state index contributed by atoms with van der Waals surface area (Å²) in [5.74, 6) is -0.628. The van der Waals surface area contributed by atoms with E-state index in [0.29, 0.717) is 68.1 Å². The lowest BCUT2D eigenvalue weighted by atomic mass is 9.94. The maximum Gasteiger partial charge on any atom is 0.257 e. The number of hydrogen-bond acceptors (Lipinski definition) is 6. The van der Waals surface area contributed by atoms with E-state index in [1.807, 2.05) is 4.90 Å². The Bertz CT molecular complexity index is 1170. The predicted octanol–water partition coefficient (Wildman–Crippen LogP) is 2.71. The summed E-state index contributed by atoms with van der Waals surface area (Å²) in [5, 5.41) is 2.75. The van der Waals surface area contributed by atoms with Crippen molar-refractivity contribution in [2.24, 2.45) is 0 Å². The average Bonchev–Trinajstić information content (AvgIpc) is 2.92. The summed E-state index contributed by atoms with van der Waals surface area (Å²) >= 11 is 0. The van der Waals surface area contributed by atoms with Crippen molar-refractivity contribution in [3.8, 4) is 5.75 Å². The summed E-state index contributed by atoms with van der Waals surface area (Å²) in [4.78, 5) is 42.1. The molecule has 3 aliphatic heterocycles. The standard InChI is InChI=1S/C27H30FN3O6/c1-30-22-8-7-20(15-25(32)31-10-12-35-13-11-31)37-24(22)16-36-23-9-6-19(14-21(23)27(30)34)29-26(33)17-2-4-18(28)5-3-17/h2-6,9,14,20,22,24H,7-8,10-13,15-16H2,1H3,(H,29,33)/t20-,22+,24+/m0/s1. The van der Waals surface area contributed by atoms with Gasteiger partial charge in [-0.15, -0.1) is 0 Å².